The normalized spacial score (nSPS) is 11.7. The molecule has 0 N–H and O–H groups in total. The maximum atomic E-state index is 12.2. The molecule has 0 unspecified atom stereocenters. The second-order valence-electron chi connectivity index (χ2n) is 5.32. The van der Waals surface area contributed by atoms with E-state index in [9.17, 15) is 13.2 Å². The lowest BCUT2D eigenvalue weighted by atomic mass is 10.1. The van der Waals surface area contributed by atoms with Gasteiger partial charge >= 0.3 is 0 Å². The number of sulfonamides is 1. The molecule has 0 saturated heterocycles. The molecule has 0 heterocycles. The Hall–Kier alpha value is -1.73. The van der Waals surface area contributed by atoms with Gasteiger partial charge in [-0.15, -0.1) is 0 Å². The fraction of sp³-hybridized carbons (Fsp3) is 0.235. The summed E-state index contributed by atoms with van der Waals surface area (Å²) in [5.74, 6) is -0.149. The lowest BCUT2D eigenvalue weighted by Gasteiger charge is -2.13. The molecule has 2 aromatic rings. The Morgan fingerprint density at radius 3 is 2.42 bits per heavy atom. The van der Waals surface area contributed by atoms with E-state index in [0.717, 1.165) is 4.31 Å². The summed E-state index contributed by atoms with van der Waals surface area (Å²) >= 11 is 6.08. The maximum Gasteiger partial charge on any atom is 0.242 e. The molecule has 2 rings (SSSR count). The van der Waals surface area contributed by atoms with Gasteiger partial charge < -0.3 is 4.74 Å². The summed E-state index contributed by atoms with van der Waals surface area (Å²) in [6, 6.07) is 13.2. The monoisotopic (exact) mass is 367 g/mol. The van der Waals surface area contributed by atoms with Crippen LogP contribution in [-0.2, 0) is 21.4 Å². The number of halogens is 1. The number of hydrogen-bond acceptors (Lipinski definition) is 4. The number of Topliss-reactive ketones (excluding diaryl/α,β-unsaturated/α-hetero) is 1. The number of ketones is 1. The van der Waals surface area contributed by atoms with Crippen LogP contribution in [0.3, 0.4) is 0 Å². The zero-order chi connectivity index (χ0) is 17.7. The molecule has 0 spiro atoms. The van der Waals surface area contributed by atoms with Crippen molar-refractivity contribution in [3.63, 3.8) is 0 Å². The molecule has 0 amide bonds. The largest absolute Gasteiger partial charge is 0.369 e. The van der Waals surface area contributed by atoms with Gasteiger partial charge in [0.25, 0.3) is 0 Å². The van der Waals surface area contributed by atoms with Crippen molar-refractivity contribution in [2.45, 2.75) is 11.5 Å². The molecule has 0 aliphatic rings. The van der Waals surface area contributed by atoms with E-state index < -0.39 is 10.0 Å². The summed E-state index contributed by atoms with van der Waals surface area (Å²) in [7, 11) is -0.634. The highest BCUT2D eigenvalue weighted by Gasteiger charge is 2.18. The quantitative estimate of drug-likeness (QED) is 0.706. The average molecular weight is 368 g/mol. The van der Waals surface area contributed by atoms with E-state index in [0.29, 0.717) is 16.1 Å². The minimum Gasteiger partial charge on any atom is -0.369 e. The molecular formula is C17H18ClNO4S. The van der Waals surface area contributed by atoms with E-state index in [1.54, 1.807) is 24.3 Å². The molecule has 0 atom stereocenters. The first kappa shape index (κ1) is 18.6. The number of benzene rings is 2. The van der Waals surface area contributed by atoms with Crippen LogP contribution in [0, 0.1) is 0 Å². The van der Waals surface area contributed by atoms with Crippen LogP contribution in [0.15, 0.2) is 53.4 Å². The molecule has 0 radical (unpaired) electrons. The highest BCUT2D eigenvalue weighted by Crippen LogP contribution is 2.22. The van der Waals surface area contributed by atoms with Crippen molar-refractivity contribution in [1.29, 1.82) is 0 Å². The van der Waals surface area contributed by atoms with Crippen LogP contribution in [0.5, 0.6) is 0 Å². The Kier molecular flexibility index (Phi) is 6.12. The smallest absolute Gasteiger partial charge is 0.242 e. The van der Waals surface area contributed by atoms with Gasteiger partial charge in [-0.3, -0.25) is 4.79 Å². The highest BCUT2D eigenvalue weighted by atomic mass is 35.5. The molecule has 7 heteroatoms. The Morgan fingerprint density at radius 1 is 1.12 bits per heavy atom. The number of nitrogens with zero attached hydrogens (tertiary/aromatic N) is 1. The Bertz CT molecular complexity index is 820. The number of hydrogen-bond donors (Lipinski definition) is 0. The molecule has 24 heavy (non-hydrogen) atoms. The first-order valence-electron chi connectivity index (χ1n) is 7.19. The van der Waals surface area contributed by atoms with Crippen molar-refractivity contribution in [1.82, 2.24) is 4.31 Å². The highest BCUT2D eigenvalue weighted by molar-refractivity contribution is 7.89. The van der Waals surface area contributed by atoms with E-state index in [4.69, 9.17) is 16.3 Å². The molecule has 0 fully saturated rings. The Balaban J connectivity index is 2.06. The van der Waals surface area contributed by atoms with E-state index in [2.05, 4.69) is 0 Å². The van der Waals surface area contributed by atoms with Crippen molar-refractivity contribution in [3.8, 4) is 0 Å². The summed E-state index contributed by atoms with van der Waals surface area (Å²) < 4.78 is 30.8. The van der Waals surface area contributed by atoms with E-state index in [-0.39, 0.29) is 23.9 Å². The second kappa shape index (κ2) is 7.90. The van der Waals surface area contributed by atoms with Crippen molar-refractivity contribution in [3.05, 3.63) is 64.7 Å². The predicted molar refractivity (Wildman–Crippen MR) is 92.8 cm³/mol. The molecule has 2 aromatic carbocycles. The summed E-state index contributed by atoms with van der Waals surface area (Å²) in [5.41, 5.74) is 1.08. The molecule has 5 nitrogen and oxygen atoms in total. The average Bonchev–Trinajstić information content (AvgIpc) is 2.56. The van der Waals surface area contributed by atoms with Crippen LogP contribution < -0.4 is 0 Å². The maximum absolute atomic E-state index is 12.2. The first-order chi connectivity index (χ1) is 11.3. The third-order valence-electron chi connectivity index (χ3n) is 3.38. The fourth-order valence-corrected chi connectivity index (χ4v) is 3.12. The van der Waals surface area contributed by atoms with Crippen molar-refractivity contribution in [2.24, 2.45) is 0 Å². The molecule has 0 aliphatic heterocycles. The molecule has 0 saturated carbocycles. The van der Waals surface area contributed by atoms with Crippen LogP contribution >= 0.6 is 11.6 Å². The van der Waals surface area contributed by atoms with Gasteiger partial charge in [0, 0.05) is 24.7 Å². The van der Waals surface area contributed by atoms with Crippen molar-refractivity contribution < 1.29 is 17.9 Å². The molecule has 128 valence electrons. The first-order valence-corrected chi connectivity index (χ1v) is 9.01. The molecule has 0 aromatic heterocycles. The van der Waals surface area contributed by atoms with Crippen molar-refractivity contribution in [2.75, 3.05) is 20.7 Å². The van der Waals surface area contributed by atoms with Crippen LogP contribution in [0.4, 0.5) is 0 Å². The topological polar surface area (TPSA) is 63.7 Å². The molecular weight excluding hydrogens is 350 g/mol. The third-order valence-corrected chi connectivity index (χ3v) is 5.56. The van der Waals surface area contributed by atoms with Crippen molar-refractivity contribution >= 4 is 27.4 Å². The van der Waals surface area contributed by atoms with E-state index in [1.165, 1.54) is 32.3 Å². The van der Waals surface area contributed by atoms with Crippen LogP contribution in [-0.4, -0.2) is 39.2 Å². The summed E-state index contributed by atoms with van der Waals surface area (Å²) in [6.07, 6.45) is 0. The molecule has 0 bridgehead atoms. The van der Waals surface area contributed by atoms with Gasteiger partial charge in [0.2, 0.25) is 10.0 Å². The van der Waals surface area contributed by atoms with Gasteiger partial charge in [0.05, 0.1) is 11.5 Å². The van der Waals surface area contributed by atoms with Gasteiger partial charge in [0.1, 0.15) is 6.61 Å². The predicted octanol–water partition coefficient (Wildman–Crippen LogP) is 2.99. The summed E-state index contributed by atoms with van der Waals surface area (Å²) in [5, 5.41) is 0.389. The zero-order valence-corrected chi connectivity index (χ0v) is 15.0. The van der Waals surface area contributed by atoms with Gasteiger partial charge in [-0.1, -0.05) is 41.9 Å². The Labute approximate surface area is 146 Å². The second-order valence-corrected chi connectivity index (χ2v) is 7.88. The fourth-order valence-electron chi connectivity index (χ4n) is 1.99. The zero-order valence-electron chi connectivity index (χ0n) is 13.4. The third kappa shape index (κ3) is 4.42. The number of carbonyl (C=O) groups is 1. The standard InChI is InChI=1S/C17H18ClNO4S/c1-19(2)24(21,22)15-8-9-16(18)14(10-15)11-23-12-17(20)13-6-4-3-5-7-13/h3-10H,11-12H2,1-2H3. The van der Waals surface area contributed by atoms with E-state index in [1.807, 2.05) is 6.07 Å². The van der Waals surface area contributed by atoms with Crippen LogP contribution in [0.25, 0.3) is 0 Å². The molecule has 0 aliphatic carbocycles. The Morgan fingerprint density at radius 2 is 1.79 bits per heavy atom. The lowest BCUT2D eigenvalue weighted by Crippen LogP contribution is -2.22. The number of carbonyl (C=O) groups excluding carboxylic acids is 1. The minimum atomic E-state index is -3.55. The van der Waals surface area contributed by atoms with Gasteiger partial charge in [0.15, 0.2) is 5.78 Å². The lowest BCUT2D eigenvalue weighted by molar-refractivity contribution is 0.0726. The van der Waals surface area contributed by atoms with Crippen LogP contribution in [0.1, 0.15) is 15.9 Å². The number of rotatable bonds is 7. The minimum absolute atomic E-state index is 0.0498. The van der Waals surface area contributed by atoms with Gasteiger partial charge in [-0.05, 0) is 23.8 Å². The van der Waals surface area contributed by atoms with E-state index >= 15 is 0 Å². The van der Waals surface area contributed by atoms with Crippen LogP contribution in [0.2, 0.25) is 5.02 Å². The van der Waals surface area contributed by atoms with Gasteiger partial charge in [-0.25, -0.2) is 12.7 Å². The number of ether oxygens (including phenoxy) is 1. The van der Waals surface area contributed by atoms with Gasteiger partial charge in [-0.2, -0.15) is 0 Å². The summed E-state index contributed by atoms with van der Waals surface area (Å²) in [6.45, 7) is -0.0564. The summed E-state index contributed by atoms with van der Waals surface area (Å²) in [4.78, 5) is 12.1. The SMILES string of the molecule is CN(C)S(=O)(=O)c1ccc(Cl)c(COCC(=O)c2ccccc2)c1.